The number of ether oxygens (including phenoxy) is 1. The van der Waals surface area contributed by atoms with E-state index in [1.807, 2.05) is 20.8 Å². The summed E-state index contributed by atoms with van der Waals surface area (Å²) in [4.78, 5) is 24.8. The zero-order chi connectivity index (χ0) is 26.5. The predicted octanol–water partition coefficient (Wildman–Crippen LogP) is 6.47. The summed E-state index contributed by atoms with van der Waals surface area (Å²) in [6, 6.07) is 0. The second-order valence-electron chi connectivity index (χ2n) is 15.2. The fourth-order valence-electron chi connectivity index (χ4n) is 11.9. The van der Waals surface area contributed by atoms with E-state index in [9.17, 15) is 19.8 Å². The molecule has 36 heavy (non-hydrogen) atoms. The highest BCUT2D eigenvalue weighted by Gasteiger charge is 2.70. The average molecular weight is 503 g/mol. The summed E-state index contributed by atoms with van der Waals surface area (Å²) in [5.41, 5.74) is -1.25. The van der Waals surface area contributed by atoms with Crippen LogP contribution in [0.2, 0.25) is 0 Å². The molecule has 0 unspecified atom stereocenters. The molecule has 204 valence electrons. The molecule has 5 saturated carbocycles. The van der Waals surface area contributed by atoms with E-state index < -0.39 is 17.0 Å². The SMILES string of the molecule is CC(=O)O[C@H]1C[C@]2(C)[C@H](CC[C@H]3[C@H]2CC[C@@H]2[C@]3(C)CCC[C@@]2(C)C(=O)O)[C@@]2(C)CC[C@H](C(C)(C)O)[C@H]12. The predicted molar refractivity (Wildman–Crippen MR) is 139 cm³/mol. The van der Waals surface area contributed by atoms with Crippen molar-refractivity contribution in [3.63, 3.8) is 0 Å². The molecule has 5 rings (SSSR count). The van der Waals surface area contributed by atoms with Crippen LogP contribution >= 0.6 is 0 Å². The Balaban J connectivity index is 1.54. The van der Waals surface area contributed by atoms with Gasteiger partial charge in [0.15, 0.2) is 0 Å². The lowest BCUT2D eigenvalue weighted by Gasteiger charge is -2.69. The molecule has 0 aliphatic heterocycles. The average Bonchev–Trinajstić information content (AvgIpc) is 3.12. The van der Waals surface area contributed by atoms with Gasteiger partial charge in [0.25, 0.3) is 0 Å². The van der Waals surface area contributed by atoms with Gasteiger partial charge in [0.1, 0.15) is 6.10 Å². The quantitative estimate of drug-likeness (QED) is 0.432. The summed E-state index contributed by atoms with van der Waals surface area (Å²) in [6.45, 7) is 14.8. The van der Waals surface area contributed by atoms with Gasteiger partial charge in [-0.3, -0.25) is 9.59 Å². The molecule has 0 aromatic carbocycles. The van der Waals surface area contributed by atoms with Gasteiger partial charge in [-0.25, -0.2) is 0 Å². The van der Waals surface area contributed by atoms with Gasteiger partial charge in [0.05, 0.1) is 11.0 Å². The number of hydrogen-bond donors (Lipinski definition) is 2. The molecule has 0 aromatic heterocycles. The maximum absolute atomic E-state index is 12.5. The van der Waals surface area contributed by atoms with Crippen molar-refractivity contribution in [3.05, 3.63) is 0 Å². The highest BCUT2D eigenvalue weighted by atomic mass is 16.5. The molecule has 0 spiro atoms. The van der Waals surface area contributed by atoms with Gasteiger partial charge in [-0.1, -0.05) is 27.2 Å². The number of carboxylic acids is 1. The van der Waals surface area contributed by atoms with E-state index in [0.29, 0.717) is 17.8 Å². The third-order valence-electron chi connectivity index (χ3n) is 13.2. The molecule has 2 N–H and O–H groups in total. The number of hydrogen-bond acceptors (Lipinski definition) is 4. The van der Waals surface area contributed by atoms with E-state index in [4.69, 9.17) is 4.74 Å². The fourth-order valence-corrected chi connectivity index (χ4v) is 11.9. The number of aliphatic carboxylic acids is 1. The Morgan fingerprint density at radius 1 is 0.833 bits per heavy atom. The Labute approximate surface area is 218 Å². The van der Waals surface area contributed by atoms with Gasteiger partial charge in [-0.05, 0) is 124 Å². The van der Waals surface area contributed by atoms with Gasteiger partial charge >= 0.3 is 11.9 Å². The summed E-state index contributed by atoms with van der Waals surface area (Å²) >= 11 is 0. The van der Waals surface area contributed by atoms with Crippen LogP contribution in [-0.2, 0) is 14.3 Å². The molecule has 0 aromatic rings. The molecular weight excluding hydrogens is 452 g/mol. The third kappa shape index (κ3) is 3.49. The number of carbonyl (C=O) groups excluding carboxylic acids is 1. The maximum Gasteiger partial charge on any atom is 0.309 e. The van der Waals surface area contributed by atoms with Crippen molar-refractivity contribution in [2.45, 2.75) is 124 Å². The van der Waals surface area contributed by atoms with Crippen LogP contribution in [0.4, 0.5) is 0 Å². The maximum atomic E-state index is 12.5. The normalized spacial score (nSPS) is 52.4. The van der Waals surface area contributed by atoms with E-state index in [-0.39, 0.29) is 46.1 Å². The molecule has 0 radical (unpaired) electrons. The van der Waals surface area contributed by atoms with E-state index in [1.165, 1.54) is 19.8 Å². The smallest absolute Gasteiger partial charge is 0.309 e. The van der Waals surface area contributed by atoms with E-state index in [0.717, 1.165) is 51.4 Å². The Morgan fingerprint density at radius 3 is 2.03 bits per heavy atom. The number of esters is 1. The molecule has 5 aliphatic carbocycles. The molecule has 0 bridgehead atoms. The van der Waals surface area contributed by atoms with Gasteiger partial charge in [-0.15, -0.1) is 0 Å². The molecule has 5 aliphatic rings. The lowest BCUT2D eigenvalue weighted by Crippen LogP contribution is -2.65. The lowest BCUT2D eigenvalue weighted by atomic mass is 9.36. The van der Waals surface area contributed by atoms with Crippen LogP contribution in [0, 0.1) is 57.2 Å². The van der Waals surface area contributed by atoms with E-state index in [2.05, 4.69) is 20.8 Å². The molecule has 5 nitrogen and oxygen atoms in total. The molecule has 0 heterocycles. The van der Waals surface area contributed by atoms with Crippen molar-refractivity contribution < 1.29 is 24.5 Å². The van der Waals surface area contributed by atoms with Crippen molar-refractivity contribution in [3.8, 4) is 0 Å². The molecule has 5 heteroatoms. The number of rotatable bonds is 3. The molecule has 5 fully saturated rings. The van der Waals surface area contributed by atoms with Crippen LogP contribution in [0.1, 0.15) is 113 Å². The van der Waals surface area contributed by atoms with Crippen molar-refractivity contribution >= 4 is 11.9 Å². The molecular formula is C31H50O5. The second-order valence-corrected chi connectivity index (χ2v) is 15.2. The Kier molecular flexibility index (Phi) is 6.04. The standard InChI is InChI=1S/C31H50O5/c1-18(32)36-22-17-31(7)20-10-11-23-28(4,14-8-15-30(23,6)26(33)34)19(20)9-12-24(31)29(5)16-13-21(25(22)29)27(2,3)35/h19-25,35H,8-17H2,1-7H3,(H,33,34)/t19-,20+,21-,22-,23+,24+,25+,28+,29+,30+,31-/m0/s1. The Hall–Kier alpha value is -1.10. The van der Waals surface area contributed by atoms with Crippen molar-refractivity contribution in [1.29, 1.82) is 0 Å². The first kappa shape index (κ1) is 26.5. The van der Waals surface area contributed by atoms with E-state index >= 15 is 0 Å². The van der Waals surface area contributed by atoms with Crippen LogP contribution in [-0.4, -0.2) is 33.9 Å². The topological polar surface area (TPSA) is 83.8 Å². The third-order valence-corrected chi connectivity index (χ3v) is 13.2. The largest absolute Gasteiger partial charge is 0.481 e. The highest BCUT2D eigenvalue weighted by molar-refractivity contribution is 5.75. The van der Waals surface area contributed by atoms with Crippen LogP contribution < -0.4 is 0 Å². The summed E-state index contributed by atoms with van der Waals surface area (Å²) in [5.74, 6) is 1.35. The number of carbonyl (C=O) groups is 2. The van der Waals surface area contributed by atoms with Crippen molar-refractivity contribution in [2.75, 3.05) is 0 Å². The number of carboxylic acid groups (broad SMARTS) is 1. The van der Waals surface area contributed by atoms with Gasteiger partial charge in [-0.2, -0.15) is 0 Å². The molecule has 11 atom stereocenters. The summed E-state index contributed by atoms with van der Waals surface area (Å²) in [6.07, 6.45) is 10.2. The minimum absolute atomic E-state index is 0.0443. The first-order valence-corrected chi connectivity index (χ1v) is 14.7. The van der Waals surface area contributed by atoms with Gasteiger partial charge < -0.3 is 14.9 Å². The van der Waals surface area contributed by atoms with E-state index in [1.54, 1.807) is 0 Å². The second kappa shape index (κ2) is 8.20. The fraction of sp³-hybridized carbons (Fsp3) is 0.935. The summed E-state index contributed by atoms with van der Waals surface area (Å²) in [5, 5.41) is 21.4. The minimum Gasteiger partial charge on any atom is -0.481 e. The zero-order valence-electron chi connectivity index (χ0n) is 23.7. The Bertz CT molecular complexity index is 922. The highest BCUT2D eigenvalue weighted by Crippen LogP contribution is 2.74. The monoisotopic (exact) mass is 502 g/mol. The first-order valence-electron chi connectivity index (χ1n) is 14.7. The van der Waals surface area contributed by atoms with Crippen LogP contribution in [0.25, 0.3) is 0 Å². The minimum atomic E-state index is -0.791. The van der Waals surface area contributed by atoms with Gasteiger partial charge in [0.2, 0.25) is 0 Å². The number of aliphatic hydroxyl groups is 1. The molecule has 0 saturated heterocycles. The summed E-state index contributed by atoms with van der Waals surface area (Å²) < 4.78 is 6.16. The van der Waals surface area contributed by atoms with Crippen LogP contribution in [0.15, 0.2) is 0 Å². The van der Waals surface area contributed by atoms with Crippen LogP contribution in [0.3, 0.4) is 0 Å². The van der Waals surface area contributed by atoms with Crippen molar-refractivity contribution in [2.24, 2.45) is 57.2 Å². The summed E-state index contributed by atoms with van der Waals surface area (Å²) in [7, 11) is 0. The first-order chi connectivity index (χ1) is 16.6. The zero-order valence-corrected chi connectivity index (χ0v) is 23.7. The lowest BCUT2D eigenvalue weighted by molar-refractivity contribution is -0.230. The molecule has 0 amide bonds. The Morgan fingerprint density at radius 2 is 1.44 bits per heavy atom. The van der Waals surface area contributed by atoms with Gasteiger partial charge in [0, 0.05) is 12.8 Å². The number of fused-ring (bicyclic) bond motifs is 7. The van der Waals surface area contributed by atoms with Crippen molar-refractivity contribution in [1.82, 2.24) is 0 Å². The van der Waals surface area contributed by atoms with Crippen LogP contribution in [0.5, 0.6) is 0 Å².